The fourth-order valence-corrected chi connectivity index (χ4v) is 10.2. The summed E-state index contributed by atoms with van der Waals surface area (Å²) in [5.74, 6) is 91.5. The van der Waals surface area contributed by atoms with Crippen LogP contribution in [0.3, 0.4) is 0 Å². The maximum atomic E-state index is 14.4. The van der Waals surface area contributed by atoms with Crippen molar-refractivity contribution in [2.45, 2.75) is 136 Å². The number of aliphatic hydroxyl groups excluding tert-OH is 3. The average Bonchev–Trinajstić information content (AvgIpc) is 1.60. The Kier molecular flexibility index (Phi) is 36.2. The van der Waals surface area contributed by atoms with Crippen molar-refractivity contribution >= 4 is 17.8 Å². The van der Waals surface area contributed by atoms with Crippen molar-refractivity contribution in [3.63, 3.8) is 0 Å². The summed E-state index contributed by atoms with van der Waals surface area (Å²) < 4.78 is 28.0. The highest BCUT2D eigenvalue weighted by Gasteiger charge is 2.58. The number of aliphatic hydroxyl groups is 3. The first-order valence-corrected chi connectivity index (χ1v) is 34.8. The van der Waals surface area contributed by atoms with Crippen molar-refractivity contribution in [2.24, 2.45) is 0 Å². The Bertz CT molecular complexity index is 5910. The van der Waals surface area contributed by atoms with E-state index in [2.05, 4.69) is 292 Å². The number of terminal acetylenes is 1. The maximum absolute atomic E-state index is 14.4. The first kappa shape index (κ1) is 86.5. The summed E-state index contributed by atoms with van der Waals surface area (Å²) in [6.07, 6.45) is 5.56. The van der Waals surface area contributed by atoms with Crippen molar-refractivity contribution in [2.75, 3.05) is 6.61 Å². The van der Waals surface area contributed by atoms with Gasteiger partial charge in [-0.25, -0.2) is 9.69 Å². The molecular weight excluding hydrogens is 1410 g/mol. The van der Waals surface area contributed by atoms with Gasteiger partial charge in [0.15, 0.2) is 17.0 Å². The third-order valence-corrected chi connectivity index (χ3v) is 15.8. The number of aromatic nitrogens is 2. The summed E-state index contributed by atoms with van der Waals surface area (Å²) >= 11 is 0. The molecule has 1 aliphatic rings. The number of ketones is 1. The molecule has 14 nitrogen and oxygen atoms in total. The van der Waals surface area contributed by atoms with E-state index in [4.69, 9.17) is 29.7 Å². The number of hydrogen-bond donors (Lipinski definition) is 3. The normalized spacial score (nSPS) is 12.2. The summed E-state index contributed by atoms with van der Waals surface area (Å²) in [5.41, 5.74) is 5.06. The van der Waals surface area contributed by atoms with Crippen LogP contribution in [0.4, 0.5) is 4.79 Å². The number of carbonyl (C=O) groups excluding carboxylic acids is 3. The molecule has 1 fully saturated rings. The second-order valence-corrected chi connectivity index (χ2v) is 24.4. The van der Waals surface area contributed by atoms with Crippen LogP contribution in [0.2, 0.25) is 0 Å². The highest BCUT2D eigenvalue weighted by molar-refractivity contribution is 5.99. The SMILES string of the molecule is C#CC#CC#CC#CC#CC#CC#CC#CC#CC#CC#CC#CC#CC#CC#CC#CC#CC#CC#CC.CCCc1ccc(-c2ccc(CO[C@](C)(C(=O)CO)[C@@H](O)c3cc(C)on3)cc2)cc1.CCCc1ccc(-c2ccc(CO[C@](C)(C(=O)N3C(=O)OC(C)(C)[C@@H]3c3ccccc3)[C@@H](O)c3cc(C)on3)cc2)cc1. The van der Waals surface area contributed by atoms with Crippen molar-refractivity contribution in [3.8, 4) is 248 Å². The molecule has 548 valence electrons. The lowest BCUT2D eigenvalue weighted by molar-refractivity contribution is -0.175. The standard InChI is InChI=1S/C39H4.C35H38N2O6.C25H29NO5/c1-3-5-7-9-11-13-15-17-19-21-23-25-27-29-31-33-35-37-39-38-36-34-32-30-28-26-24-22-20-18-16-14-12-10-8-6-4-2;1-6-10-24-13-17-26(18-14-24)27-19-15-25(16-20-27)22-41-35(5,31(38)29-21-23(2)43-36-29)32(39)37-30(28-11-8-7-9-12-28)34(3,4)42-33(37)40;1-4-5-18-6-10-20(11-7-18)21-12-8-19(9-13-21)16-30-25(3,23(28)15-27)24(29)22-14-17(2)31-26-22/h1H,2H3;7-9,11-21,30-31,38H,6,10,22H2,1-5H3;6-14,24,27,29H,4-5,15-16H2,1-3H3/t;30-,31-,35-;24-,25+/m.00/s1. The van der Waals surface area contributed by atoms with Gasteiger partial charge in [0.2, 0.25) is 0 Å². The van der Waals surface area contributed by atoms with Crippen LogP contribution in [0.15, 0.2) is 149 Å². The summed E-state index contributed by atoms with van der Waals surface area (Å²) in [6, 6.07) is 44.3. The Morgan fingerprint density at radius 2 is 0.779 bits per heavy atom. The lowest BCUT2D eigenvalue weighted by Gasteiger charge is -2.37. The van der Waals surface area contributed by atoms with Crippen LogP contribution < -0.4 is 0 Å². The number of hydrogen-bond acceptors (Lipinski definition) is 13. The molecule has 0 bridgehead atoms. The molecule has 2 aromatic heterocycles. The Labute approximate surface area is 663 Å². The number of benzene rings is 5. The number of amides is 2. The van der Waals surface area contributed by atoms with E-state index in [-0.39, 0.29) is 24.6 Å². The van der Waals surface area contributed by atoms with Gasteiger partial charge >= 0.3 is 6.09 Å². The van der Waals surface area contributed by atoms with Crippen LogP contribution in [0.1, 0.15) is 130 Å². The molecule has 8 rings (SSSR count). The lowest BCUT2D eigenvalue weighted by atomic mass is 9.88. The molecule has 0 unspecified atom stereocenters. The van der Waals surface area contributed by atoms with E-state index in [1.807, 2.05) is 78.9 Å². The Morgan fingerprint density at radius 3 is 1.07 bits per heavy atom. The van der Waals surface area contributed by atoms with Gasteiger partial charge in [-0.2, -0.15) is 0 Å². The highest BCUT2D eigenvalue weighted by Crippen LogP contribution is 2.45. The van der Waals surface area contributed by atoms with E-state index in [1.54, 1.807) is 40.7 Å². The fraction of sp³-hybridized carbons (Fsp3) is 0.222. The second kappa shape index (κ2) is 47.3. The zero-order chi connectivity index (χ0) is 81.4. The molecule has 7 aromatic rings. The number of carbonyl (C=O) groups is 3. The fourth-order valence-electron chi connectivity index (χ4n) is 10.2. The molecule has 5 aromatic carbocycles. The van der Waals surface area contributed by atoms with Crippen molar-refractivity contribution in [1.29, 1.82) is 0 Å². The first-order valence-electron chi connectivity index (χ1n) is 34.8. The zero-order valence-corrected chi connectivity index (χ0v) is 63.5. The molecule has 0 spiro atoms. The molecule has 3 heterocycles. The molecule has 1 saturated heterocycles. The van der Waals surface area contributed by atoms with Crippen LogP contribution in [0.5, 0.6) is 0 Å². The van der Waals surface area contributed by atoms with Crippen LogP contribution in [-0.2, 0) is 49.9 Å². The van der Waals surface area contributed by atoms with Crippen molar-refractivity contribution in [1.82, 2.24) is 15.2 Å². The van der Waals surface area contributed by atoms with E-state index in [0.717, 1.165) is 69.5 Å². The molecule has 0 aliphatic carbocycles. The predicted molar refractivity (Wildman–Crippen MR) is 434 cm³/mol. The van der Waals surface area contributed by atoms with Crippen LogP contribution in [0, 0.1) is 239 Å². The third kappa shape index (κ3) is 28.7. The Hall–Kier alpha value is -15.4. The summed E-state index contributed by atoms with van der Waals surface area (Å²) in [7, 11) is 0. The van der Waals surface area contributed by atoms with E-state index in [1.165, 1.54) is 31.0 Å². The van der Waals surface area contributed by atoms with Gasteiger partial charge in [0.1, 0.15) is 53.4 Å². The number of aryl methyl sites for hydroxylation is 4. The van der Waals surface area contributed by atoms with E-state index in [0.29, 0.717) is 11.5 Å². The third-order valence-electron chi connectivity index (χ3n) is 15.8. The molecule has 3 N–H and O–H groups in total. The summed E-state index contributed by atoms with van der Waals surface area (Å²) in [6.45, 7) is 15.2. The van der Waals surface area contributed by atoms with Crippen LogP contribution in [0.25, 0.3) is 22.3 Å². The zero-order valence-electron chi connectivity index (χ0n) is 63.5. The monoisotopic (exact) mass is 1480 g/mol. The first-order chi connectivity index (χ1) is 54.8. The second-order valence-electron chi connectivity index (χ2n) is 24.4. The summed E-state index contributed by atoms with van der Waals surface area (Å²) in [5, 5.41) is 39.4. The minimum Gasteiger partial charge on any atom is -0.440 e. The molecule has 0 saturated carbocycles. The molecule has 113 heavy (non-hydrogen) atoms. The van der Waals surface area contributed by atoms with Gasteiger partial charge in [-0.1, -0.05) is 170 Å². The quantitative estimate of drug-likeness (QED) is 0.0611. The van der Waals surface area contributed by atoms with Gasteiger partial charge in [0.05, 0.1) is 13.2 Å². The molecule has 0 radical (unpaired) electrons. The minimum absolute atomic E-state index is 0.00582. The highest BCUT2D eigenvalue weighted by atomic mass is 16.6. The van der Waals surface area contributed by atoms with Gasteiger partial charge in [-0.05, 0) is 206 Å². The van der Waals surface area contributed by atoms with Gasteiger partial charge in [-0.3, -0.25) is 9.59 Å². The number of nitrogens with zero attached hydrogens (tertiary/aromatic N) is 3. The van der Waals surface area contributed by atoms with Gasteiger partial charge < -0.3 is 38.6 Å². The largest absolute Gasteiger partial charge is 0.440 e. The van der Waals surface area contributed by atoms with E-state index >= 15 is 0 Å². The number of imide groups is 1. The maximum Gasteiger partial charge on any atom is 0.417 e. The summed E-state index contributed by atoms with van der Waals surface area (Å²) in [4.78, 5) is 41.1. The van der Waals surface area contributed by atoms with E-state index in [9.17, 15) is 29.7 Å². The smallest absolute Gasteiger partial charge is 0.417 e. The van der Waals surface area contributed by atoms with Crippen molar-refractivity contribution < 1.29 is 53.0 Å². The molecular formula is C99H71N3O11. The van der Waals surface area contributed by atoms with Gasteiger partial charge in [0.25, 0.3) is 5.91 Å². The van der Waals surface area contributed by atoms with E-state index < -0.39 is 59.4 Å². The molecule has 5 atom stereocenters. The number of rotatable bonds is 20. The Balaban J connectivity index is 0.000000268. The number of Topliss-reactive ketones (excluding diaryl/α,β-unsaturated/α-hetero) is 1. The number of ether oxygens (including phenoxy) is 3. The van der Waals surface area contributed by atoms with Crippen molar-refractivity contribution in [3.05, 3.63) is 190 Å². The number of cyclic esters (lactones) is 1. The van der Waals surface area contributed by atoms with Gasteiger partial charge in [-0.15, -0.1) is 6.42 Å². The van der Waals surface area contributed by atoms with Crippen LogP contribution in [-0.4, -0.2) is 71.7 Å². The average molecular weight is 1480 g/mol. The molecule has 14 heteroatoms. The lowest BCUT2D eigenvalue weighted by Crippen LogP contribution is -2.54. The topological polar surface area (TPSA) is 195 Å². The van der Waals surface area contributed by atoms with Crippen LogP contribution >= 0.6 is 0 Å². The molecule has 2 amide bonds. The minimum atomic E-state index is -1.91. The molecule has 1 aliphatic heterocycles. The van der Waals surface area contributed by atoms with Gasteiger partial charge in [0, 0.05) is 131 Å². The Morgan fingerprint density at radius 1 is 0.478 bits per heavy atom. The predicted octanol–water partition coefficient (Wildman–Crippen LogP) is 12.0.